The normalized spacial score (nSPS) is 11.8. The van der Waals surface area contributed by atoms with E-state index in [0.29, 0.717) is 54.1 Å². The number of unbranched alkanes of at least 4 members (excludes halogenated alkanes) is 3. The fourth-order valence-corrected chi connectivity index (χ4v) is 6.61. The molecule has 1 atom stereocenters. The number of carboxylic acid groups (broad SMARTS) is 1. The van der Waals surface area contributed by atoms with Crippen LogP contribution in [0.25, 0.3) is 0 Å². The third-order valence-corrected chi connectivity index (χ3v) is 9.72. The molecule has 0 radical (unpaired) electrons. The van der Waals surface area contributed by atoms with Crippen molar-refractivity contribution in [1.82, 2.24) is 5.32 Å². The van der Waals surface area contributed by atoms with Gasteiger partial charge in [-0.3, -0.25) is 4.79 Å². The summed E-state index contributed by atoms with van der Waals surface area (Å²) in [6.07, 6.45) is 3.51. The maximum Gasteiger partial charge on any atom is 0.323 e. The number of halogens is 2. The van der Waals surface area contributed by atoms with Crippen LogP contribution in [-0.2, 0) is 32.9 Å². The lowest BCUT2D eigenvalue weighted by molar-refractivity contribution is -0.140. The third kappa shape index (κ3) is 12.1. The highest BCUT2D eigenvalue weighted by atomic mass is 35.5. The molecule has 0 aliphatic carbocycles. The van der Waals surface area contributed by atoms with E-state index in [-0.39, 0.29) is 12.4 Å². The SMILES string of the molecule is O=C(O)C(c1ccccc1)(c1ccccc1)c1ccccc1.OCc1cc([C@@H](O)CNCCCCCCOCCOCc2c(Cl)cccc2Cl)ccc1O. The molecule has 5 aromatic rings. The summed E-state index contributed by atoms with van der Waals surface area (Å²) in [7, 11) is 0. The highest BCUT2D eigenvalue weighted by Crippen LogP contribution is 2.39. The fraction of sp³-hybridized carbons (Fsp3) is 0.295. The van der Waals surface area contributed by atoms with Crippen LogP contribution < -0.4 is 5.32 Å². The highest BCUT2D eigenvalue weighted by Gasteiger charge is 2.43. The quantitative estimate of drug-likeness (QED) is 0.0393. The molecule has 5 aromatic carbocycles. The number of rotatable bonds is 20. The molecule has 0 amide bonds. The van der Waals surface area contributed by atoms with E-state index in [1.165, 1.54) is 6.07 Å². The van der Waals surface area contributed by atoms with Gasteiger partial charge in [0.2, 0.25) is 0 Å². The highest BCUT2D eigenvalue weighted by molar-refractivity contribution is 6.35. The van der Waals surface area contributed by atoms with Gasteiger partial charge in [0.1, 0.15) is 11.2 Å². The Balaban J connectivity index is 0.000000256. The van der Waals surface area contributed by atoms with Crippen LogP contribution in [0.15, 0.2) is 127 Å². The minimum atomic E-state index is -1.20. The predicted molar refractivity (Wildman–Crippen MR) is 214 cm³/mol. The molecule has 286 valence electrons. The number of hydrogen-bond acceptors (Lipinski definition) is 7. The zero-order valence-electron chi connectivity index (χ0n) is 30.2. The van der Waals surface area contributed by atoms with Gasteiger partial charge < -0.3 is 35.2 Å². The van der Waals surface area contributed by atoms with Crippen LogP contribution >= 0.6 is 23.2 Å². The summed E-state index contributed by atoms with van der Waals surface area (Å²) in [5, 5.41) is 43.6. The smallest absolute Gasteiger partial charge is 0.323 e. The summed E-state index contributed by atoms with van der Waals surface area (Å²) < 4.78 is 11.2. The summed E-state index contributed by atoms with van der Waals surface area (Å²) in [6.45, 7) is 3.11. The summed E-state index contributed by atoms with van der Waals surface area (Å²) in [5.41, 5.74) is 2.94. The number of ether oxygens (including phenoxy) is 2. The second kappa shape index (κ2) is 22.8. The van der Waals surface area contributed by atoms with E-state index in [4.69, 9.17) is 32.7 Å². The van der Waals surface area contributed by atoms with E-state index < -0.39 is 17.5 Å². The van der Waals surface area contributed by atoms with Gasteiger partial charge in [-0.2, -0.15) is 0 Å². The molecule has 0 aliphatic rings. The Morgan fingerprint density at radius 2 is 1.22 bits per heavy atom. The van der Waals surface area contributed by atoms with Gasteiger partial charge in [-0.25, -0.2) is 0 Å². The van der Waals surface area contributed by atoms with E-state index in [0.717, 1.165) is 54.5 Å². The number of aromatic hydroxyl groups is 1. The van der Waals surface area contributed by atoms with Crippen LogP contribution in [-0.4, -0.2) is 59.3 Å². The average molecular weight is 775 g/mol. The molecule has 54 heavy (non-hydrogen) atoms. The van der Waals surface area contributed by atoms with E-state index in [1.54, 1.807) is 24.3 Å². The number of phenols is 1. The molecule has 8 nitrogen and oxygen atoms in total. The van der Waals surface area contributed by atoms with Crippen molar-refractivity contribution in [3.63, 3.8) is 0 Å². The summed E-state index contributed by atoms with van der Waals surface area (Å²) in [4.78, 5) is 12.4. The first-order valence-corrected chi connectivity index (χ1v) is 18.8. The number of nitrogens with one attached hydrogen (secondary N) is 1. The zero-order chi connectivity index (χ0) is 38.6. The number of aliphatic carboxylic acids is 1. The minimum Gasteiger partial charge on any atom is -0.508 e. The minimum absolute atomic E-state index is 0.0370. The molecular formula is C44H49Cl2NO7. The maximum absolute atomic E-state index is 12.4. The molecule has 0 aromatic heterocycles. The number of carbonyl (C=O) groups is 1. The Kier molecular flexibility index (Phi) is 18.0. The van der Waals surface area contributed by atoms with Crippen molar-refractivity contribution in [2.75, 3.05) is 32.9 Å². The van der Waals surface area contributed by atoms with Gasteiger partial charge >= 0.3 is 5.97 Å². The summed E-state index contributed by atoms with van der Waals surface area (Å²) in [6, 6.07) is 38.3. The Morgan fingerprint density at radius 3 is 1.76 bits per heavy atom. The van der Waals surface area contributed by atoms with Crippen molar-refractivity contribution in [3.05, 3.63) is 171 Å². The third-order valence-electron chi connectivity index (χ3n) is 9.01. The van der Waals surface area contributed by atoms with Gasteiger partial charge in [0.15, 0.2) is 0 Å². The van der Waals surface area contributed by atoms with Crippen molar-refractivity contribution in [2.45, 2.75) is 50.4 Å². The molecule has 0 saturated carbocycles. The second-order valence-electron chi connectivity index (χ2n) is 12.7. The lowest BCUT2D eigenvalue weighted by Crippen LogP contribution is -2.38. The number of benzene rings is 5. The monoisotopic (exact) mass is 773 g/mol. The number of carboxylic acids is 1. The standard InChI is InChI=1S/C24H33Cl2NO5.C20H16O2/c25-21-6-5-7-22(26)20(21)17-32-13-12-31-11-4-2-1-3-10-27-15-24(30)18-8-9-23(29)19(14-18)16-28;21-19(22)20(16-10-4-1-5-11-16,17-12-6-2-7-13-17)18-14-8-3-9-15-18/h5-9,14,24,27-30H,1-4,10-13,15-17H2;1-15H,(H,21,22)/t24-;/m0./s1. The molecule has 0 saturated heterocycles. The Morgan fingerprint density at radius 1 is 0.685 bits per heavy atom. The molecule has 0 bridgehead atoms. The van der Waals surface area contributed by atoms with Gasteiger partial charge in [-0.05, 0) is 65.9 Å². The second-order valence-corrected chi connectivity index (χ2v) is 13.5. The van der Waals surface area contributed by atoms with Crippen LogP contribution in [0.4, 0.5) is 0 Å². The van der Waals surface area contributed by atoms with Crippen LogP contribution in [0.3, 0.4) is 0 Å². The predicted octanol–water partition coefficient (Wildman–Crippen LogP) is 8.71. The molecule has 5 N–H and O–H groups in total. The molecule has 10 heteroatoms. The van der Waals surface area contributed by atoms with E-state index >= 15 is 0 Å². The van der Waals surface area contributed by atoms with Crippen LogP contribution in [0.1, 0.15) is 65.2 Å². The first kappa shape index (κ1) is 42.5. The Labute approximate surface area is 327 Å². The van der Waals surface area contributed by atoms with Crippen molar-refractivity contribution >= 4 is 29.2 Å². The van der Waals surface area contributed by atoms with Gasteiger partial charge in [0.25, 0.3) is 0 Å². The fourth-order valence-electron chi connectivity index (χ4n) is 6.10. The van der Waals surface area contributed by atoms with Crippen LogP contribution in [0.2, 0.25) is 10.0 Å². The zero-order valence-corrected chi connectivity index (χ0v) is 31.8. The van der Waals surface area contributed by atoms with E-state index in [2.05, 4.69) is 5.32 Å². The van der Waals surface area contributed by atoms with Crippen molar-refractivity contribution in [1.29, 1.82) is 0 Å². The van der Waals surface area contributed by atoms with Crippen LogP contribution in [0, 0.1) is 0 Å². The van der Waals surface area contributed by atoms with Crippen molar-refractivity contribution < 1.29 is 34.7 Å². The topological polar surface area (TPSA) is 128 Å². The Hall–Kier alpha value is -4.25. The van der Waals surface area contributed by atoms with Crippen molar-refractivity contribution in [2.24, 2.45) is 0 Å². The molecule has 0 spiro atoms. The number of aliphatic hydroxyl groups is 2. The van der Waals surface area contributed by atoms with Crippen LogP contribution in [0.5, 0.6) is 5.75 Å². The molecule has 0 heterocycles. The largest absolute Gasteiger partial charge is 0.508 e. The summed E-state index contributed by atoms with van der Waals surface area (Å²) >= 11 is 12.2. The molecule has 0 aliphatic heterocycles. The van der Waals surface area contributed by atoms with Gasteiger partial charge in [0.05, 0.1) is 32.5 Å². The van der Waals surface area contributed by atoms with E-state index in [9.17, 15) is 25.2 Å². The number of aliphatic hydroxyl groups excluding tert-OH is 2. The molecule has 5 rings (SSSR count). The average Bonchev–Trinajstić information content (AvgIpc) is 3.19. The van der Waals surface area contributed by atoms with Gasteiger partial charge in [-0.1, -0.05) is 139 Å². The lowest BCUT2D eigenvalue weighted by Gasteiger charge is -2.31. The molecular weight excluding hydrogens is 725 g/mol. The lowest BCUT2D eigenvalue weighted by atomic mass is 9.69. The van der Waals surface area contributed by atoms with E-state index in [1.807, 2.05) is 97.1 Å². The Bertz CT molecular complexity index is 1710. The molecule has 0 unspecified atom stereocenters. The number of hydrogen-bond donors (Lipinski definition) is 5. The van der Waals surface area contributed by atoms with Crippen molar-refractivity contribution in [3.8, 4) is 5.75 Å². The summed E-state index contributed by atoms with van der Waals surface area (Å²) in [5.74, 6) is -0.842. The van der Waals surface area contributed by atoms with Gasteiger partial charge in [-0.15, -0.1) is 0 Å². The molecule has 0 fully saturated rings. The van der Waals surface area contributed by atoms with Gasteiger partial charge in [0, 0.05) is 34.3 Å². The first-order valence-electron chi connectivity index (χ1n) is 18.1. The maximum atomic E-state index is 12.4. The first-order chi connectivity index (χ1) is 26.3.